The topological polar surface area (TPSA) is 83.3 Å². The third-order valence-corrected chi connectivity index (χ3v) is 4.48. The molecule has 0 aliphatic heterocycles. The second kappa shape index (κ2) is 10.6. The van der Waals surface area contributed by atoms with Gasteiger partial charge in [-0.05, 0) is 50.7 Å². The summed E-state index contributed by atoms with van der Waals surface area (Å²) in [6.45, 7) is 10.2. The molecule has 1 aromatic carbocycles. The molecular weight excluding hydrogens is 357 g/mol. The van der Waals surface area contributed by atoms with Crippen LogP contribution in [0.15, 0.2) is 30.3 Å². The quantitative estimate of drug-likeness (QED) is 0.545. The number of amides is 1. The summed E-state index contributed by atoms with van der Waals surface area (Å²) in [5, 5.41) is 6.08. The highest BCUT2D eigenvalue weighted by Gasteiger charge is 2.15. The van der Waals surface area contributed by atoms with Crippen LogP contribution in [0.2, 0.25) is 0 Å². The second-order valence-electron chi connectivity index (χ2n) is 6.55. The molecule has 0 aliphatic carbocycles. The molecule has 0 saturated heterocycles. The zero-order chi connectivity index (χ0) is 20.5. The third kappa shape index (κ3) is 5.66. The zero-order valence-corrected chi connectivity index (χ0v) is 16.9. The fourth-order valence-corrected chi connectivity index (χ4v) is 2.96. The van der Waals surface area contributed by atoms with Gasteiger partial charge in [0.2, 0.25) is 0 Å². The van der Waals surface area contributed by atoms with Crippen LogP contribution in [0.1, 0.15) is 37.6 Å². The maximum Gasteiger partial charge on any atom is 0.255 e. The van der Waals surface area contributed by atoms with Crippen LogP contribution in [0.25, 0.3) is 11.3 Å². The Morgan fingerprint density at radius 1 is 1.18 bits per heavy atom. The summed E-state index contributed by atoms with van der Waals surface area (Å²) < 4.78 is 13.8. The summed E-state index contributed by atoms with van der Waals surface area (Å²) in [7, 11) is 0. The van der Waals surface area contributed by atoms with Crippen molar-refractivity contribution in [2.75, 3.05) is 43.8 Å². The Bertz CT molecular complexity index is 796. The van der Waals surface area contributed by atoms with Crippen molar-refractivity contribution >= 4 is 17.4 Å². The largest absolute Gasteiger partial charge is 0.396 e. The first-order valence-corrected chi connectivity index (χ1v) is 9.80. The number of nitrogens with zero attached hydrogens (tertiary/aromatic N) is 2. The Balaban J connectivity index is 2.15. The first-order valence-electron chi connectivity index (χ1n) is 9.80. The van der Waals surface area contributed by atoms with E-state index in [0.29, 0.717) is 35.7 Å². The number of anilines is 2. The summed E-state index contributed by atoms with van der Waals surface area (Å²) >= 11 is 0. The smallest absolute Gasteiger partial charge is 0.255 e. The molecule has 0 bridgehead atoms. The SMILES string of the molecule is CCCN(CC)CCNC(=O)c1ccc(-c2ccc(N)c(F)c2)nc1NCC. The van der Waals surface area contributed by atoms with E-state index >= 15 is 0 Å². The minimum absolute atomic E-state index is 0.0934. The zero-order valence-electron chi connectivity index (χ0n) is 16.9. The van der Waals surface area contributed by atoms with Crippen LogP contribution in [0, 0.1) is 5.82 Å². The lowest BCUT2D eigenvalue weighted by Crippen LogP contribution is -2.35. The molecule has 0 spiro atoms. The maximum absolute atomic E-state index is 13.8. The predicted molar refractivity (Wildman–Crippen MR) is 113 cm³/mol. The van der Waals surface area contributed by atoms with Crippen LogP contribution >= 0.6 is 0 Å². The number of likely N-dealkylation sites (N-methyl/N-ethyl adjacent to an activating group) is 1. The van der Waals surface area contributed by atoms with E-state index in [2.05, 4.69) is 34.4 Å². The van der Waals surface area contributed by atoms with Gasteiger partial charge in [0.05, 0.1) is 16.9 Å². The number of aromatic nitrogens is 1. The molecule has 0 atom stereocenters. The molecule has 0 aliphatic rings. The lowest BCUT2D eigenvalue weighted by molar-refractivity contribution is 0.0949. The highest BCUT2D eigenvalue weighted by atomic mass is 19.1. The molecule has 1 aromatic heterocycles. The molecular formula is C21H30FN5O. The number of nitrogens with one attached hydrogen (secondary N) is 2. The van der Waals surface area contributed by atoms with Gasteiger partial charge in [-0.15, -0.1) is 0 Å². The number of benzene rings is 1. The van der Waals surface area contributed by atoms with Crippen LogP contribution in [0.4, 0.5) is 15.9 Å². The van der Waals surface area contributed by atoms with Gasteiger partial charge in [0.25, 0.3) is 5.91 Å². The van der Waals surface area contributed by atoms with Crippen molar-refractivity contribution in [2.45, 2.75) is 27.2 Å². The molecule has 0 radical (unpaired) electrons. The summed E-state index contributed by atoms with van der Waals surface area (Å²) in [4.78, 5) is 19.4. The van der Waals surface area contributed by atoms with Crippen LogP contribution in [-0.4, -0.2) is 48.5 Å². The molecule has 0 unspecified atom stereocenters. The minimum atomic E-state index is -0.487. The highest BCUT2D eigenvalue weighted by molar-refractivity contribution is 5.99. The number of rotatable bonds is 10. The molecule has 6 nitrogen and oxygen atoms in total. The number of hydrogen-bond acceptors (Lipinski definition) is 5. The van der Waals surface area contributed by atoms with E-state index in [1.807, 2.05) is 6.92 Å². The fraction of sp³-hybridized carbons (Fsp3) is 0.429. The van der Waals surface area contributed by atoms with Gasteiger partial charge in [0, 0.05) is 25.2 Å². The highest BCUT2D eigenvalue weighted by Crippen LogP contribution is 2.24. The Kier molecular flexibility index (Phi) is 8.19. The van der Waals surface area contributed by atoms with Gasteiger partial charge < -0.3 is 21.3 Å². The van der Waals surface area contributed by atoms with Gasteiger partial charge >= 0.3 is 0 Å². The van der Waals surface area contributed by atoms with Crippen molar-refractivity contribution in [1.82, 2.24) is 15.2 Å². The van der Waals surface area contributed by atoms with E-state index in [1.54, 1.807) is 18.2 Å². The standard InChI is InChI=1S/C21H30FN5O/c1-4-12-27(6-3)13-11-25-21(28)16-8-10-19(26-20(16)24-5-2)15-7-9-18(23)17(22)14-15/h7-10,14H,4-6,11-13,23H2,1-3H3,(H,24,26)(H,25,28). The van der Waals surface area contributed by atoms with E-state index in [4.69, 9.17) is 5.73 Å². The number of nitrogen functional groups attached to an aromatic ring is 1. The van der Waals surface area contributed by atoms with E-state index in [9.17, 15) is 9.18 Å². The molecule has 7 heteroatoms. The summed E-state index contributed by atoms with van der Waals surface area (Å²) in [6, 6.07) is 8.00. The molecule has 28 heavy (non-hydrogen) atoms. The monoisotopic (exact) mass is 387 g/mol. The molecule has 0 fully saturated rings. The predicted octanol–water partition coefficient (Wildman–Crippen LogP) is 3.36. The first kappa shape index (κ1) is 21.6. The Morgan fingerprint density at radius 2 is 1.96 bits per heavy atom. The molecule has 0 saturated carbocycles. The first-order chi connectivity index (χ1) is 13.5. The summed E-state index contributed by atoms with van der Waals surface area (Å²) in [6.07, 6.45) is 1.09. The third-order valence-electron chi connectivity index (χ3n) is 4.48. The number of hydrogen-bond donors (Lipinski definition) is 3. The Labute approximate surface area is 166 Å². The van der Waals surface area contributed by atoms with Crippen LogP contribution in [-0.2, 0) is 0 Å². The lowest BCUT2D eigenvalue weighted by Gasteiger charge is -2.19. The average molecular weight is 388 g/mol. The normalized spacial score (nSPS) is 10.9. The fourth-order valence-electron chi connectivity index (χ4n) is 2.96. The molecule has 2 aromatic rings. The number of carbonyl (C=O) groups is 1. The van der Waals surface area contributed by atoms with Gasteiger partial charge in [-0.25, -0.2) is 9.37 Å². The summed E-state index contributed by atoms with van der Waals surface area (Å²) in [5.74, 6) is -0.180. The Hall–Kier alpha value is -2.67. The van der Waals surface area contributed by atoms with E-state index in [1.165, 1.54) is 12.1 Å². The number of nitrogens with two attached hydrogens (primary N) is 1. The molecule has 2 rings (SSSR count). The van der Waals surface area contributed by atoms with Gasteiger partial charge in [0.1, 0.15) is 11.6 Å². The van der Waals surface area contributed by atoms with Crippen molar-refractivity contribution in [3.8, 4) is 11.3 Å². The van der Waals surface area contributed by atoms with E-state index in [-0.39, 0.29) is 11.6 Å². The van der Waals surface area contributed by atoms with Crippen LogP contribution < -0.4 is 16.4 Å². The van der Waals surface area contributed by atoms with Gasteiger partial charge in [-0.2, -0.15) is 0 Å². The second-order valence-corrected chi connectivity index (χ2v) is 6.55. The molecule has 4 N–H and O–H groups in total. The minimum Gasteiger partial charge on any atom is -0.396 e. The molecule has 1 heterocycles. The lowest BCUT2D eigenvalue weighted by atomic mass is 10.1. The van der Waals surface area contributed by atoms with Crippen LogP contribution in [0.3, 0.4) is 0 Å². The van der Waals surface area contributed by atoms with Gasteiger partial charge in [-0.3, -0.25) is 4.79 Å². The molecule has 152 valence electrons. The van der Waals surface area contributed by atoms with Crippen molar-refractivity contribution < 1.29 is 9.18 Å². The van der Waals surface area contributed by atoms with Crippen molar-refractivity contribution in [3.63, 3.8) is 0 Å². The number of halogens is 1. The van der Waals surface area contributed by atoms with Crippen LogP contribution in [0.5, 0.6) is 0 Å². The number of carbonyl (C=O) groups excluding carboxylic acids is 1. The number of pyridine rings is 1. The van der Waals surface area contributed by atoms with E-state index < -0.39 is 5.82 Å². The average Bonchev–Trinajstić information content (AvgIpc) is 2.69. The van der Waals surface area contributed by atoms with Gasteiger partial charge in [-0.1, -0.05) is 19.9 Å². The van der Waals surface area contributed by atoms with Crippen molar-refractivity contribution in [1.29, 1.82) is 0 Å². The van der Waals surface area contributed by atoms with Gasteiger partial charge in [0.15, 0.2) is 0 Å². The molecule has 1 amide bonds. The van der Waals surface area contributed by atoms with Crippen molar-refractivity contribution in [2.24, 2.45) is 0 Å². The van der Waals surface area contributed by atoms with E-state index in [0.717, 1.165) is 26.1 Å². The maximum atomic E-state index is 13.8. The Morgan fingerprint density at radius 3 is 2.61 bits per heavy atom. The summed E-state index contributed by atoms with van der Waals surface area (Å²) in [5.41, 5.74) is 7.29. The van der Waals surface area contributed by atoms with Crippen molar-refractivity contribution in [3.05, 3.63) is 41.7 Å².